The van der Waals surface area contributed by atoms with E-state index in [9.17, 15) is 13.6 Å². The van der Waals surface area contributed by atoms with E-state index < -0.39 is 17.7 Å². The fourth-order valence-corrected chi connectivity index (χ4v) is 4.60. The van der Waals surface area contributed by atoms with Crippen LogP contribution in [0.15, 0.2) is 72.8 Å². The highest BCUT2D eigenvalue weighted by Gasteiger charge is 2.26. The van der Waals surface area contributed by atoms with Crippen molar-refractivity contribution in [3.05, 3.63) is 106 Å². The summed E-state index contributed by atoms with van der Waals surface area (Å²) in [6, 6.07) is 20.2. The fourth-order valence-electron chi connectivity index (χ4n) is 4.48. The number of aryl methyl sites for hydroxylation is 1. The maximum Gasteiger partial charge on any atom is 0.322 e. The van der Waals surface area contributed by atoms with Crippen LogP contribution in [0.4, 0.5) is 25.1 Å². The molecule has 9 heteroatoms. The van der Waals surface area contributed by atoms with Crippen LogP contribution in [0.1, 0.15) is 16.8 Å². The van der Waals surface area contributed by atoms with Crippen molar-refractivity contribution in [3.63, 3.8) is 0 Å². The molecule has 0 saturated carbocycles. The number of carbonyl (C=O) groups excluding carboxylic acids is 1. The van der Waals surface area contributed by atoms with Crippen LogP contribution in [-0.2, 0) is 6.42 Å². The molecule has 2 amide bonds. The quantitative estimate of drug-likeness (QED) is 0.326. The third-order valence-electron chi connectivity index (χ3n) is 6.56. The molecule has 1 fully saturated rings. The molecule has 0 aliphatic carbocycles. The van der Waals surface area contributed by atoms with Crippen molar-refractivity contribution in [2.24, 2.45) is 0 Å². The second kappa shape index (κ2) is 11.1. The van der Waals surface area contributed by atoms with E-state index in [1.54, 1.807) is 4.90 Å². The molecule has 0 spiro atoms. The smallest absolute Gasteiger partial charge is 0.322 e. The molecule has 3 aromatic carbocycles. The van der Waals surface area contributed by atoms with Crippen molar-refractivity contribution in [3.8, 4) is 11.4 Å². The number of hydrogen-bond donors (Lipinski definition) is 1. The molecule has 0 unspecified atom stereocenters. The molecular weight excluding hydrogens is 508 g/mol. The number of rotatable bonds is 5. The number of urea groups is 1. The van der Waals surface area contributed by atoms with Crippen LogP contribution >= 0.6 is 11.6 Å². The predicted octanol–water partition coefficient (Wildman–Crippen LogP) is 6.33. The molecule has 6 nitrogen and oxygen atoms in total. The molecule has 1 N–H and O–H groups in total. The molecular formula is C29H26ClF2N5O. The van der Waals surface area contributed by atoms with Gasteiger partial charge in [0.1, 0.15) is 17.5 Å². The molecule has 1 aromatic heterocycles. The molecule has 1 aliphatic rings. The number of anilines is 2. The van der Waals surface area contributed by atoms with Crippen molar-refractivity contribution in [1.29, 1.82) is 0 Å². The summed E-state index contributed by atoms with van der Waals surface area (Å²) in [5, 5.41) is 3.22. The number of carbonyl (C=O) groups is 1. The van der Waals surface area contributed by atoms with Gasteiger partial charge >= 0.3 is 6.03 Å². The second-order valence-corrected chi connectivity index (χ2v) is 9.57. The number of aromatic nitrogens is 2. The van der Waals surface area contributed by atoms with E-state index in [1.807, 2.05) is 61.5 Å². The highest BCUT2D eigenvalue weighted by molar-refractivity contribution is 6.30. The molecule has 194 valence electrons. The zero-order valence-electron chi connectivity index (χ0n) is 20.8. The summed E-state index contributed by atoms with van der Waals surface area (Å²) in [4.78, 5) is 26.4. The Labute approximate surface area is 224 Å². The van der Waals surface area contributed by atoms with Crippen molar-refractivity contribution in [1.82, 2.24) is 14.9 Å². The molecule has 0 radical (unpaired) electrons. The van der Waals surface area contributed by atoms with Gasteiger partial charge in [0.15, 0.2) is 5.82 Å². The van der Waals surface area contributed by atoms with Crippen LogP contribution in [0.3, 0.4) is 0 Å². The van der Waals surface area contributed by atoms with Gasteiger partial charge in [-0.3, -0.25) is 0 Å². The van der Waals surface area contributed by atoms with Crippen LogP contribution < -0.4 is 10.2 Å². The van der Waals surface area contributed by atoms with E-state index in [0.29, 0.717) is 43.4 Å². The van der Waals surface area contributed by atoms with Crippen LogP contribution in [-0.4, -0.2) is 47.1 Å². The first kappa shape index (κ1) is 25.6. The Hall–Kier alpha value is -4.04. The topological polar surface area (TPSA) is 61.4 Å². The fraction of sp³-hybridized carbons (Fsp3) is 0.207. The molecule has 1 saturated heterocycles. The number of nitrogens with one attached hydrogen (secondary N) is 1. The lowest BCUT2D eigenvalue weighted by Gasteiger charge is -2.36. The average Bonchev–Trinajstić information content (AvgIpc) is 2.93. The molecule has 2 heterocycles. The van der Waals surface area contributed by atoms with Crippen LogP contribution in [0.2, 0.25) is 5.02 Å². The average molecular weight is 534 g/mol. The standard InChI is InChI=1S/C29H26ClF2N5O/c1-19-24(17-20-7-9-22(30)10-8-20)28(35-27(33-19)21-5-3-2-4-6-21)36-13-15-37(16-14-36)29(38)34-26-12-11-23(31)18-25(26)32/h2-12,18H,13-17H2,1H3,(H,34,38). The number of piperazine rings is 1. The number of benzene rings is 3. The van der Waals surface area contributed by atoms with E-state index in [4.69, 9.17) is 21.6 Å². The highest BCUT2D eigenvalue weighted by atomic mass is 35.5. The highest BCUT2D eigenvalue weighted by Crippen LogP contribution is 2.29. The van der Waals surface area contributed by atoms with Gasteiger partial charge in [-0.15, -0.1) is 0 Å². The Morgan fingerprint density at radius 2 is 1.66 bits per heavy atom. The largest absolute Gasteiger partial charge is 0.353 e. The van der Waals surface area contributed by atoms with E-state index >= 15 is 0 Å². The zero-order valence-corrected chi connectivity index (χ0v) is 21.6. The minimum Gasteiger partial charge on any atom is -0.353 e. The van der Waals surface area contributed by atoms with Gasteiger partial charge in [0.2, 0.25) is 0 Å². The molecule has 5 rings (SSSR count). The van der Waals surface area contributed by atoms with Gasteiger partial charge in [0, 0.05) is 60.5 Å². The summed E-state index contributed by atoms with van der Waals surface area (Å²) in [6.07, 6.45) is 0.637. The predicted molar refractivity (Wildman–Crippen MR) is 146 cm³/mol. The van der Waals surface area contributed by atoms with E-state index in [-0.39, 0.29) is 5.69 Å². The lowest BCUT2D eigenvalue weighted by atomic mass is 10.0. The monoisotopic (exact) mass is 533 g/mol. The zero-order chi connectivity index (χ0) is 26.6. The van der Waals surface area contributed by atoms with Gasteiger partial charge in [-0.2, -0.15) is 0 Å². The van der Waals surface area contributed by atoms with Crippen molar-refractivity contribution in [2.45, 2.75) is 13.3 Å². The summed E-state index contributed by atoms with van der Waals surface area (Å²) in [6.45, 7) is 3.90. The maximum absolute atomic E-state index is 14.0. The second-order valence-electron chi connectivity index (χ2n) is 9.13. The normalized spacial score (nSPS) is 13.5. The summed E-state index contributed by atoms with van der Waals surface area (Å²) in [5.74, 6) is -0.0342. The summed E-state index contributed by atoms with van der Waals surface area (Å²) >= 11 is 6.09. The van der Waals surface area contributed by atoms with Crippen molar-refractivity contribution < 1.29 is 13.6 Å². The SMILES string of the molecule is Cc1nc(-c2ccccc2)nc(N2CCN(C(=O)Nc3ccc(F)cc3F)CC2)c1Cc1ccc(Cl)cc1. The van der Waals surface area contributed by atoms with Gasteiger partial charge in [0.25, 0.3) is 0 Å². The Morgan fingerprint density at radius 3 is 2.34 bits per heavy atom. The third-order valence-corrected chi connectivity index (χ3v) is 6.81. The van der Waals surface area contributed by atoms with Crippen molar-refractivity contribution >= 4 is 29.1 Å². The van der Waals surface area contributed by atoms with Crippen LogP contribution in [0.25, 0.3) is 11.4 Å². The van der Waals surface area contributed by atoms with E-state index in [2.05, 4.69) is 10.2 Å². The molecule has 38 heavy (non-hydrogen) atoms. The Bertz CT molecular complexity index is 1440. The lowest BCUT2D eigenvalue weighted by Crippen LogP contribution is -2.50. The molecule has 4 aromatic rings. The first-order valence-corrected chi connectivity index (χ1v) is 12.7. The first-order valence-electron chi connectivity index (χ1n) is 12.3. The van der Waals surface area contributed by atoms with Gasteiger partial charge < -0.3 is 15.1 Å². The third kappa shape index (κ3) is 5.75. The number of halogens is 3. The summed E-state index contributed by atoms with van der Waals surface area (Å²) in [7, 11) is 0. The van der Waals surface area contributed by atoms with E-state index in [1.165, 1.54) is 6.07 Å². The minimum atomic E-state index is -0.811. The van der Waals surface area contributed by atoms with E-state index in [0.717, 1.165) is 40.3 Å². The Morgan fingerprint density at radius 1 is 0.947 bits per heavy atom. The van der Waals surface area contributed by atoms with Gasteiger partial charge in [-0.25, -0.2) is 23.5 Å². The van der Waals surface area contributed by atoms with Crippen LogP contribution in [0, 0.1) is 18.6 Å². The number of hydrogen-bond acceptors (Lipinski definition) is 4. The number of amides is 2. The first-order chi connectivity index (χ1) is 18.4. The van der Waals surface area contributed by atoms with Gasteiger partial charge in [-0.05, 0) is 36.8 Å². The Kier molecular flexibility index (Phi) is 7.51. The maximum atomic E-state index is 14.0. The van der Waals surface area contributed by atoms with Crippen LogP contribution in [0.5, 0.6) is 0 Å². The van der Waals surface area contributed by atoms with Gasteiger partial charge in [-0.1, -0.05) is 54.1 Å². The minimum absolute atomic E-state index is 0.0528. The molecule has 1 aliphatic heterocycles. The molecule has 0 atom stereocenters. The lowest BCUT2D eigenvalue weighted by molar-refractivity contribution is 0.208. The molecule has 0 bridgehead atoms. The Balaban J connectivity index is 1.38. The summed E-state index contributed by atoms with van der Waals surface area (Å²) in [5.41, 5.74) is 3.86. The van der Waals surface area contributed by atoms with Gasteiger partial charge in [0.05, 0.1) is 5.69 Å². The van der Waals surface area contributed by atoms with Crippen molar-refractivity contribution in [2.75, 3.05) is 36.4 Å². The summed E-state index contributed by atoms with van der Waals surface area (Å²) < 4.78 is 27.2. The number of nitrogens with zero attached hydrogens (tertiary/aromatic N) is 4.